The highest BCUT2D eigenvalue weighted by atomic mass is 32.1. The Morgan fingerprint density at radius 2 is 2.06 bits per heavy atom. The molecular formula is C13H17N3S. The molecular weight excluding hydrogens is 230 g/mol. The highest BCUT2D eigenvalue weighted by Crippen LogP contribution is 2.08. The molecule has 0 atom stereocenters. The first kappa shape index (κ1) is 12.1. The van der Waals surface area contributed by atoms with Crippen LogP contribution in [-0.4, -0.2) is 23.5 Å². The van der Waals surface area contributed by atoms with Gasteiger partial charge in [-0.15, -0.1) is 11.3 Å². The van der Waals surface area contributed by atoms with Gasteiger partial charge in [-0.25, -0.2) is 4.98 Å². The zero-order valence-corrected chi connectivity index (χ0v) is 10.8. The fourth-order valence-electron chi connectivity index (χ4n) is 1.68. The van der Waals surface area contributed by atoms with Crippen LogP contribution in [0.2, 0.25) is 0 Å². The van der Waals surface area contributed by atoms with E-state index in [1.54, 1.807) is 11.3 Å². The molecule has 3 nitrogen and oxygen atoms in total. The molecule has 0 unspecified atom stereocenters. The van der Waals surface area contributed by atoms with Gasteiger partial charge in [0.25, 0.3) is 0 Å². The normalized spacial score (nSPS) is 10.9. The van der Waals surface area contributed by atoms with Crippen molar-refractivity contribution in [3.05, 3.63) is 46.4 Å². The fraction of sp³-hybridized carbons (Fsp3) is 0.308. The monoisotopic (exact) mass is 247 g/mol. The Kier molecular flexibility index (Phi) is 4.12. The topological polar surface area (TPSA) is 42.1 Å². The van der Waals surface area contributed by atoms with Crippen molar-refractivity contribution in [1.82, 2.24) is 9.88 Å². The summed E-state index contributed by atoms with van der Waals surface area (Å²) < 4.78 is 0. The SMILES string of the molecule is CN(CCc1ccc(N)cc1)Cc1cscn1. The average Bonchev–Trinajstić information content (AvgIpc) is 2.81. The second kappa shape index (κ2) is 5.80. The van der Waals surface area contributed by atoms with E-state index in [9.17, 15) is 0 Å². The van der Waals surface area contributed by atoms with Crippen molar-refractivity contribution >= 4 is 17.0 Å². The molecule has 2 N–H and O–H groups in total. The molecule has 1 aromatic heterocycles. The molecule has 0 aliphatic heterocycles. The largest absolute Gasteiger partial charge is 0.399 e. The average molecular weight is 247 g/mol. The highest BCUT2D eigenvalue weighted by molar-refractivity contribution is 7.07. The van der Waals surface area contributed by atoms with Crippen molar-refractivity contribution in [2.45, 2.75) is 13.0 Å². The number of benzene rings is 1. The number of thiazole rings is 1. The van der Waals surface area contributed by atoms with Crippen LogP contribution in [0, 0.1) is 0 Å². The lowest BCUT2D eigenvalue weighted by Gasteiger charge is -2.15. The lowest BCUT2D eigenvalue weighted by Crippen LogP contribution is -2.20. The fourth-order valence-corrected chi connectivity index (χ4v) is 2.23. The lowest BCUT2D eigenvalue weighted by molar-refractivity contribution is 0.328. The summed E-state index contributed by atoms with van der Waals surface area (Å²) in [5.41, 5.74) is 10.8. The van der Waals surface area contributed by atoms with Crippen LogP contribution in [0.5, 0.6) is 0 Å². The Balaban J connectivity index is 1.79. The first-order valence-electron chi connectivity index (χ1n) is 5.64. The predicted molar refractivity (Wildman–Crippen MR) is 73.0 cm³/mol. The number of anilines is 1. The molecule has 0 radical (unpaired) electrons. The Bertz CT molecular complexity index is 436. The van der Waals surface area contributed by atoms with Gasteiger partial charge in [0, 0.05) is 24.2 Å². The molecule has 0 amide bonds. The quantitative estimate of drug-likeness (QED) is 0.825. The van der Waals surface area contributed by atoms with Crippen LogP contribution < -0.4 is 5.73 Å². The minimum absolute atomic E-state index is 0.824. The van der Waals surface area contributed by atoms with Crippen LogP contribution in [-0.2, 0) is 13.0 Å². The van der Waals surface area contributed by atoms with Crippen LogP contribution in [0.4, 0.5) is 5.69 Å². The standard InChI is InChI=1S/C13H17N3S/c1-16(8-13-9-17-10-15-13)7-6-11-2-4-12(14)5-3-11/h2-5,9-10H,6-8,14H2,1H3. The molecule has 1 aromatic carbocycles. The first-order valence-corrected chi connectivity index (χ1v) is 6.58. The first-order chi connectivity index (χ1) is 8.24. The Labute approximate surface area is 106 Å². The van der Waals surface area contributed by atoms with Gasteiger partial charge in [-0.05, 0) is 31.2 Å². The van der Waals surface area contributed by atoms with E-state index < -0.39 is 0 Å². The van der Waals surface area contributed by atoms with Crippen molar-refractivity contribution in [1.29, 1.82) is 0 Å². The zero-order valence-electron chi connectivity index (χ0n) is 9.97. The van der Waals surface area contributed by atoms with Gasteiger partial charge in [0.15, 0.2) is 0 Å². The summed E-state index contributed by atoms with van der Waals surface area (Å²) in [6, 6.07) is 8.09. The molecule has 0 aliphatic carbocycles. The molecule has 4 heteroatoms. The van der Waals surface area contributed by atoms with Crippen molar-refractivity contribution in [2.75, 3.05) is 19.3 Å². The number of likely N-dealkylation sites (N-methyl/N-ethyl adjacent to an activating group) is 1. The third kappa shape index (κ3) is 3.84. The number of rotatable bonds is 5. The summed E-state index contributed by atoms with van der Waals surface area (Å²) in [4.78, 5) is 6.57. The number of nitrogen functional groups attached to an aromatic ring is 1. The summed E-state index contributed by atoms with van der Waals surface area (Å²) >= 11 is 1.65. The van der Waals surface area contributed by atoms with Crippen LogP contribution in [0.1, 0.15) is 11.3 Å². The van der Waals surface area contributed by atoms with E-state index in [0.717, 1.165) is 30.9 Å². The molecule has 1 heterocycles. The summed E-state index contributed by atoms with van der Waals surface area (Å²) in [5.74, 6) is 0. The van der Waals surface area contributed by atoms with E-state index >= 15 is 0 Å². The van der Waals surface area contributed by atoms with Gasteiger partial charge in [0.05, 0.1) is 11.2 Å². The van der Waals surface area contributed by atoms with Crippen LogP contribution in [0.3, 0.4) is 0 Å². The smallest absolute Gasteiger partial charge is 0.0795 e. The van der Waals surface area contributed by atoms with Gasteiger partial charge in [0.1, 0.15) is 0 Å². The molecule has 0 spiro atoms. The highest BCUT2D eigenvalue weighted by Gasteiger charge is 2.02. The van der Waals surface area contributed by atoms with Crippen molar-refractivity contribution < 1.29 is 0 Å². The van der Waals surface area contributed by atoms with E-state index in [1.165, 1.54) is 5.56 Å². The Morgan fingerprint density at radius 1 is 1.29 bits per heavy atom. The van der Waals surface area contributed by atoms with Crippen molar-refractivity contribution in [3.8, 4) is 0 Å². The number of hydrogen-bond donors (Lipinski definition) is 1. The number of nitrogens with two attached hydrogens (primary N) is 1. The Hall–Kier alpha value is -1.39. The van der Waals surface area contributed by atoms with E-state index in [-0.39, 0.29) is 0 Å². The molecule has 2 aromatic rings. The van der Waals surface area contributed by atoms with E-state index in [2.05, 4.69) is 34.4 Å². The maximum absolute atomic E-state index is 5.66. The summed E-state index contributed by atoms with van der Waals surface area (Å²) in [6.07, 6.45) is 1.04. The van der Waals surface area contributed by atoms with E-state index in [4.69, 9.17) is 5.73 Å². The van der Waals surface area contributed by atoms with Gasteiger partial charge in [-0.1, -0.05) is 12.1 Å². The van der Waals surface area contributed by atoms with Gasteiger partial charge in [-0.3, -0.25) is 0 Å². The summed E-state index contributed by atoms with van der Waals surface area (Å²) in [5, 5.41) is 2.10. The maximum Gasteiger partial charge on any atom is 0.0795 e. The van der Waals surface area contributed by atoms with Crippen LogP contribution >= 0.6 is 11.3 Å². The maximum atomic E-state index is 5.66. The number of aromatic nitrogens is 1. The molecule has 17 heavy (non-hydrogen) atoms. The van der Waals surface area contributed by atoms with Gasteiger partial charge in [0.2, 0.25) is 0 Å². The molecule has 0 saturated carbocycles. The molecule has 0 aliphatic rings. The summed E-state index contributed by atoms with van der Waals surface area (Å²) in [6.45, 7) is 1.94. The minimum atomic E-state index is 0.824. The van der Waals surface area contributed by atoms with Gasteiger partial charge >= 0.3 is 0 Å². The lowest BCUT2D eigenvalue weighted by atomic mass is 10.1. The molecule has 0 bridgehead atoms. The zero-order chi connectivity index (χ0) is 12.1. The molecule has 0 fully saturated rings. The minimum Gasteiger partial charge on any atom is -0.399 e. The predicted octanol–water partition coefficient (Wildman–Crippen LogP) is 2.40. The third-order valence-electron chi connectivity index (χ3n) is 2.68. The second-order valence-electron chi connectivity index (χ2n) is 4.21. The van der Waals surface area contributed by atoms with Crippen LogP contribution in [0.15, 0.2) is 35.2 Å². The number of hydrogen-bond acceptors (Lipinski definition) is 4. The molecule has 90 valence electrons. The van der Waals surface area contributed by atoms with Crippen molar-refractivity contribution in [2.24, 2.45) is 0 Å². The number of nitrogens with zero attached hydrogens (tertiary/aromatic N) is 2. The Morgan fingerprint density at radius 3 is 2.71 bits per heavy atom. The third-order valence-corrected chi connectivity index (χ3v) is 3.31. The van der Waals surface area contributed by atoms with E-state index in [0.29, 0.717) is 0 Å². The van der Waals surface area contributed by atoms with E-state index in [1.807, 2.05) is 17.6 Å². The summed E-state index contributed by atoms with van der Waals surface area (Å²) in [7, 11) is 2.12. The second-order valence-corrected chi connectivity index (χ2v) is 4.93. The van der Waals surface area contributed by atoms with Gasteiger partial charge < -0.3 is 10.6 Å². The molecule has 0 saturated heterocycles. The van der Waals surface area contributed by atoms with Crippen LogP contribution in [0.25, 0.3) is 0 Å². The molecule has 2 rings (SSSR count). The van der Waals surface area contributed by atoms with Crippen molar-refractivity contribution in [3.63, 3.8) is 0 Å². The van der Waals surface area contributed by atoms with Gasteiger partial charge in [-0.2, -0.15) is 0 Å².